The Labute approximate surface area is 114 Å². The first-order valence-electron chi connectivity index (χ1n) is 6.06. The maximum atomic E-state index is 13.7. The van der Waals surface area contributed by atoms with Gasteiger partial charge in [-0.1, -0.05) is 6.42 Å². The van der Waals surface area contributed by atoms with Gasteiger partial charge in [0.05, 0.1) is 5.69 Å². The molecule has 2 rings (SSSR count). The van der Waals surface area contributed by atoms with Crippen molar-refractivity contribution >= 4 is 23.4 Å². The molecule has 0 aromatic heterocycles. The highest BCUT2D eigenvalue weighted by Crippen LogP contribution is 2.42. The monoisotopic (exact) mass is 286 g/mol. The zero-order chi connectivity index (χ0) is 14.0. The summed E-state index contributed by atoms with van der Waals surface area (Å²) in [6.07, 6.45) is 5.12. The van der Waals surface area contributed by atoms with E-state index < -0.39 is 23.1 Å². The van der Waals surface area contributed by atoms with Gasteiger partial charge in [-0.3, -0.25) is 4.79 Å². The van der Waals surface area contributed by atoms with Gasteiger partial charge in [0.15, 0.2) is 5.82 Å². The van der Waals surface area contributed by atoms with Crippen LogP contribution in [-0.2, 0) is 0 Å². The van der Waals surface area contributed by atoms with Crippen LogP contribution < -0.4 is 11.1 Å². The molecule has 1 fully saturated rings. The molecule has 1 aliphatic rings. The number of thioether (sulfide) groups is 1. The number of carbonyl (C=O) groups is 1. The largest absolute Gasteiger partial charge is 0.396 e. The molecule has 1 amide bonds. The van der Waals surface area contributed by atoms with Gasteiger partial charge in [0.1, 0.15) is 11.4 Å². The SMILES string of the molecule is CSC1(CNC(=O)c2c(F)ccc(N)c2F)CCC1. The van der Waals surface area contributed by atoms with E-state index in [-0.39, 0.29) is 10.4 Å². The molecule has 0 heterocycles. The van der Waals surface area contributed by atoms with Gasteiger partial charge in [-0.05, 0) is 31.2 Å². The van der Waals surface area contributed by atoms with E-state index in [1.165, 1.54) is 0 Å². The number of hydrogen-bond donors (Lipinski definition) is 2. The Bertz CT molecular complexity index is 498. The lowest BCUT2D eigenvalue weighted by Crippen LogP contribution is -2.45. The number of nitrogens with two attached hydrogens (primary N) is 1. The summed E-state index contributed by atoms with van der Waals surface area (Å²) in [7, 11) is 0. The predicted octanol–water partition coefficient (Wildman–Crippen LogP) is 2.56. The fourth-order valence-corrected chi connectivity index (χ4v) is 3.04. The van der Waals surface area contributed by atoms with Crippen molar-refractivity contribution in [3.63, 3.8) is 0 Å². The third kappa shape index (κ3) is 2.68. The zero-order valence-electron chi connectivity index (χ0n) is 10.6. The highest BCUT2D eigenvalue weighted by molar-refractivity contribution is 8.00. The number of amides is 1. The number of anilines is 1. The Hall–Kier alpha value is -1.30. The van der Waals surface area contributed by atoms with E-state index in [0.29, 0.717) is 6.54 Å². The molecule has 0 spiro atoms. The molecule has 3 nitrogen and oxygen atoms in total. The van der Waals surface area contributed by atoms with Crippen LogP contribution in [0.15, 0.2) is 12.1 Å². The number of rotatable bonds is 4. The van der Waals surface area contributed by atoms with Gasteiger partial charge in [-0.2, -0.15) is 11.8 Å². The molecule has 104 valence electrons. The maximum Gasteiger partial charge on any atom is 0.257 e. The highest BCUT2D eigenvalue weighted by Gasteiger charge is 2.36. The molecule has 0 aliphatic heterocycles. The zero-order valence-corrected chi connectivity index (χ0v) is 11.4. The molecule has 1 aliphatic carbocycles. The molecule has 6 heteroatoms. The second-order valence-corrected chi connectivity index (χ2v) is 6.02. The number of halogens is 2. The lowest BCUT2D eigenvalue weighted by Gasteiger charge is -2.40. The minimum Gasteiger partial charge on any atom is -0.396 e. The van der Waals surface area contributed by atoms with Crippen molar-refractivity contribution in [2.75, 3.05) is 18.5 Å². The van der Waals surface area contributed by atoms with Gasteiger partial charge in [0, 0.05) is 11.3 Å². The standard InChI is InChI=1S/C13H16F2N2OS/c1-19-13(5-2-6-13)7-17-12(18)10-8(14)3-4-9(16)11(10)15/h3-4H,2,5-7,16H2,1H3,(H,17,18). The van der Waals surface area contributed by atoms with E-state index >= 15 is 0 Å². The van der Waals surface area contributed by atoms with Crippen molar-refractivity contribution < 1.29 is 13.6 Å². The summed E-state index contributed by atoms with van der Waals surface area (Å²) in [6.45, 7) is 0.417. The second kappa shape index (κ2) is 5.36. The van der Waals surface area contributed by atoms with E-state index in [9.17, 15) is 13.6 Å². The Morgan fingerprint density at radius 1 is 1.47 bits per heavy atom. The van der Waals surface area contributed by atoms with Crippen molar-refractivity contribution in [3.05, 3.63) is 29.3 Å². The Kier molecular flexibility index (Phi) is 3.99. The number of hydrogen-bond acceptors (Lipinski definition) is 3. The third-order valence-corrected chi connectivity index (χ3v) is 5.04. The quantitative estimate of drug-likeness (QED) is 0.836. The lowest BCUT2D eigenvalue weighted by molar-refractivity contribution is 0.0935. The molecular weight excluding hydrogens is 270 g/mol. The average Bonchev–Trinajstić information content (AvgIpc) is 2.34. The fourth-order valence-electron chi connectivity index (χ4n) is 2.13. The minimum absolute atomic E-state index is 0.0168. The van der Waals surface area contributed by atoms with E-state index in [1.807, 2.05) is 6.26 Å². The molecule has 0 saturated heterocycles. The number of nitrogen functional groups attached to an aromatic ring is 1. The normalized spacial score (nSPS) is 16.8. The predicted molar refractivity (Wildman–Crippen MR) is 73.2 cm³/mol. The smallest absolute Gasteiger partial charge is 0.257 e. The van der Waals surface area contributed by atoms with Crippen molar-refractivity contribution in [2.24, 2.45) is 0 Å². The van der Waals surface area contributed by atoms with Crippen LogP contribution in [0.3, 0.4) is 0 Å². The maximum absolute atomic E-state index is 13.7. The first kappa shape index (κ1) is 14.1. The van der Waals surface area contributed by atoms with Crippen molar-refractivity contribution in [3.8, 4) is 0 Å². The summed E-state index contributed by atoms with van der Waals surface area (Å²) >= 11 is 1.68. The third-order valence-electron chi connectivity index (χ3n) is 3.62. The van der Waals surface area contributed by atoms with Crippen molar-refractivity contribution in [2.45, 2.75) is 24.0 Å². The van der Waals surface area contributed by atoms with E-state index in [1.54, 1.807) is 11.8 Å². The molecule has 0 bridgehead atoms. The molecule has 0 radical (unpaired) electrons. The topological polar surface area (TPSA) is 55.1 Å². The number of nitrogens with one attached hydrogen (secondary N) is 1. The molecular formula is C13H16F2N2OS. The molecule has 1 saturated carbocycles. The Morgan fingerprint density at radius 2 is 2.16 bits per heavy atom. The summed E-state index contributed by atoms with van der Waals surface area (Å²) in [5.74, 6) is -2.64. The van der Waals surface area contributed by atoms with Crippen LogP contribution in [0, 0.1) is 11.6 Å². The van der Waals surface area contributed by atoms with Crippen LogP contribution in [0.25, 0.3) is 0 Å². The molecule has 0 unspecified atom stereocenters. The Balaban J connectivity index is 2.10. The van der Waals surface area contributed by atoms with Gasteiger partial charge in [0.25, 0.3) is 5.91 Å². The van der Waals surface area contributed by atoms with Gasteiger partial charge in [0.2, 0.25) is 0 Å². The van der Waals surface area contributed by atoms with E-state index in [4.69, 9.17) is 5.73 Å². The summed E-state index contributed by atoms with van der Waals surface area (Å²) in [4.78, 5) is 11.9. The van der Waals surface area contributed by atoms with Crippen LogP contribution in [0.4, 0.5) is 14.5 Å². The van der Waals surface area contributed by atoms with E-state index in [0.717, 1.165) is 31.4 Å². The van der Waals surface area contributed by atoms with Crippen molar-refractivity contribution in [1.29, 1.82) is 0 Å². The molecule has 1 aromatic carbocycles. The fraction of sp³-hybridized carbons (Fsp3) is 0.462. The summed E-state index contributed by atoms with van der Waals surface area (Å²) in [6, 6.07) is 2.11. The van der Waals surface area contributed by atoms with Crippen molar-refractivity contribution in [1.82, 2.24) is 5.32 Å². The van der Waals surface area contributed by atoms with Crippen LogP contribution >= 0.6 is 11.8 Å². The molecule has 1 aromatic rings. The average molecular weight is 286 g/mol. The van der Waals surface area contributed by atoms with E-state index in [2.05, 4.69) is 5.32 Å². The Morgan fingerprint density at radius 3 is 2.68 bits per heavy atom. The number of carbonyl (C=O) groups excluding carboxylic acids is 1. The molecule has 19 heavy (non-hydrogen) atoms. The minimum atomic E-state index is -0.996. The highest BCUT2D eigenvalue weighted by atomic mass is 32.2. The van der Waals surface area contributed by atoms with Crippen LogP contribution in [0.1, 0.15) is 29.6 Å². The van der Waals surface area contributed by atoms with Crippen LogP contribution in [0.5, 0.6) is 0 Å². The number of benzene rings is 1. The summed E-state index contributed by atoms with van der Waals surface area (Å²) in [5.41, 5.74) is 4.52. The summed E-state index contributed by atoms with van der Waals surface area (Å²) < 4.78 is 27.2. The molecule has 3 N–H and O–H groups in total. The lowest BCUT2D eigenvalue weighted by atomic mass is 9.84. The van der Waals surface area contributed by atoms with Crippen LogP contribution in [-0.4, -0.2) is 23.5 Å². The second-order valence-electron chi connectivity index (χ2n) is 4.75. The summed E-state index contributed by atoms with van der Waals surface area (Å²) in [5, 5.41) is 2.61. The molecule has 0 atom stereocenters. The van der Waals surface area contributed by atoms with Gasteiger partial charge < -0.3 is 11.1 Å². The first-order chi connectivity index (χ1) is 8.99. The van der Waals surface area contributed by atoms with Crippen LogP contribution in [0.2, 0.25) is 0 Å². The van der Waals surface area contributed by atoms with Gasteiger partial charge >= 0.3 is 0 Å². The first-order valence-corrected chi connectivity index (χ1v) is 7.28. The van der Waals surface area contributed by atoms with Gasteiger partial charge in [-0.15, -0.1) is 0 Å². The van der Waals surface area contributed by atoms with Gasteiger partial charge in [-0.25, -0.2) is 8.78 Å².